The predicted octanol–water partition coefficient (Wildman–Crippen LogP) is 4.67. The van der Waals surface area contributed by atoms with Crippen molar-refractivity contribution in [3.63, 3.8) is 0 Å². The Bertz CT molecular complexity index is 1700. The van der Waals surface area contributed by atoms with Crippen molar-refractivity contribution in [3.05, 3.63) is 94.3 Å². The number of H-pyrrole nitrogens is 1. The first kappa shape index (κ1) is 28.7. The third-order valence-corrected chi connectivity index (χ3v) is 7.30. The summed E-state index contributed by atoms with van der Waals surface area (Å²) in [6, 6.07) is 16.7. The molecule has 0 radical (unpaired) electrons. The van der Waals surface area contributed by atoms with Gasteiger partial charge in [-0.05, 0) is 49.7 Å². The molecule has 0 bridgehead atoms. The lowest BCUT2D eigenvalue weighted by Gasteiger charge is -2.26. The molecule has 0 aliphatic carbocycles. The van der Waals surface area contributed by atoms with E-state index in [2.05, 4.69) is 10.3 Å². The maximum Gasteiger partial charge on any atom is 0.338 e. The van der Waals surface area contributed by atoms with E-state index >= 15 is 4.39 Å². The highest BCUT2D eigenvalue weighted by atomic mass is 19.1. The van der Waals surface area contributed by atoms with Gasteiger partial charge >= 0.3 is 5.97 Å². The lowest BCUT2D eigenvalue weighted by atomic mass is 9.98. The summed E-state index contributed by atoms with van der Waals surface area (Å²) in [6.07, 6.45) is 0.670. The van der Waals surface area contributed by atoms with Gasteiger partial charge in [0.05, 0.1) is 41.7 Å². The molecule has 1 aliphatic heterocycles. The van der Waals surface area contributed by atoms with E-state index in [1.807, 2.05) is 35.2 Å². The Hall–Kier alpha value is -4.83. The lowest BCUT2D eigenvalue weighted by Crippen LogP contribution is -2.47. The summed E-state index contributed by atoms with van der Waals surface area (Å²) in [6.45, 7) is 3.96. The number of nitrogens with one attached hydrogen (secondary N) is 2. The normalized spacial score (nSPS) is 14.2. The first-order chi connectivity index (χ1) is 20.2. The number of halogens is 1. The van der Waals surface area contributed by atoms with Crippen LogP contribution in [0.2, 0.25) is 0 Å². The number of Topliss-reactive ketones (excluding diaryl/α,β-unsaturated/α-hetero) is 1. The molecule has 0 unspecified atom stereocenters. The molecule has 0 saturated carbocycles. The minimum atomic E-state index is -0.687. The van der Waals surface area contributed by atoms with Crippen molar-refractivity contribution in [2.24, 2.45) is 4.99 Å². The second-order valence-corrected chi connectivity index (χ2v) is 10.2. The third kappa shape index (κ3) is 6.08. The third-order valence-electron chi connectivity index (χ3n) is 7.30. The van der Waals surface area contributed by atoms with Gasteiger partial charge in [0.25, 0.3) is 0 Å². The number of ether oxygens (including phenoxy) is 1. The molecule has 10 heteroatoms. The van der Waals surface area contributed by atoms with Crippen molar-refractivity contribution in [3.8, 4) is 5.88 Å². The molecule has 1 aliphatic rings. The van der Waals surface area contributed by atoms with Crippen LogP contribution in [0.5, 0.6) is 5.88 Å². The maximum absolute atomic E-state index is 15.2. The number of hydrogen-bond donors (Lipinski definition) is 3. The maximum atomic E-state index is 15.2. The van der Waals surface area contributed by atoms with Gasteiger partial charge in [-0.15, -0.1) is 0 Å². The van der Waals surface area contributed by atoms with Crippen LogP contribution in [0.1, 0.15) is 50.2 Å². The molecule has 1 saturated heterocycles. The van der Waals surface area contributed by atoms with Gasteiger partial charge in [0.1, 0.15) is 5.82 Å². The standard InChI is InChI=1S/C32H31FN4O5/c1-19-15-24-26(17-23(19)32(41)42-2)36-31(40)29(24)30(20-7-4-3-5-8-20)35-21-10-11-22(25(33)16-21)27(38)9-6-13-37-14-12-34-28(39)18-37/h3-5,7-8,10-11,15-17,36,40H,6,9,12-14,18H2,1-2H3,(H,34,39). The molecule has 216 valence electrons. The average Bonchev–Trinajstić information content (AvgIpc) is 3.29. The number of benzene rings is 3. The van der Waals surface area contributed by atoms with Crippen molar-refractivity contribution in [2.75, 3.05) is 33.3 Å². The van der Waals surface area contributed by atoms with Crippen LogP contribution in [0.25, 0.3) is 10.9 Å². The molecule has 9 nitrogen and oxygen atoms in total. The molecule has 1 amide bonds. The zero-order valence-corrected chi connectivity index (χ0v) is 23.4. The molecule has 5 rings (SSSR count). The minimum absolute atomic E-state index is 0.0208. The summed E-state index contributed by atoms with van der Waals surface area (Å²) in [4.78, 5) is 46.2. The summed E-state index contributed by atoms with van der Waals surface area (Å²) in [7, 11) is 1.30. The SMILES string of the molecule is COC(=O)c1cc2[nH]c(O)c(C(=Nc3ccc(C(=O)CCCN4CCNC(=O)C4)c(F)c3)c3ccccc3)c2cc1C. The van der Waals surface area contributed by atoms with Crippen LogP contribution in [0.15, 0.2) is 65.7 Å². The topological polar surface area (TPSA) is 124 Å². The van der Waals surface area contributed by atoms with Crippen LogP contribution in [0, 0.1) is 12.7 Å². The van der Waals surface area contributed by atoms with Crippen molar-refractivity contribution in [2.45, 2.75) is 19.8 Å². The lowest BCUT2D eigenvalue weighted by molar-refractivity contribution is -0.124. The van der Waals surface area contributed by atoms with Gasteiger partial charge in [-0.2, -0.15) is 0 Å². The zero-order chi connectivity index (χ0) is 29.8. The van der Waals surface area contributed by atoms with Crippen molar-refractivity contribution in [1.29, 1.82) is 0 Å². The zero-order valence-electron chi connectivity index (χ0n) is 23.4. The smallest absolute Gasteiger partial charge is 0.338 e. The Kier molecular flexibility index (Phi) is 8.44. The number of carbonyl (C=O) groups is 3. The second-order valence-electron chi connectivity index (χ2n) is 10.2. The molecule has 3 N–H and O–H groups in total. The number of rotatable bonds is 9. The molecule has 2 heterocycles. The van der Waals surface area contributed by atoms with Crippen LogP contribution >= 0.6 is 0 Å². The Morgan fingerprint density at radius 3 is 2.60 bits per heavy atom. The number of hydrogen-bond acceptors (Lipinski definition) is 7. The molecule has 0 atom stereocenters. The summed E-state index contributed by atoms with van der Waals surface area (Å²) >= 11 is 0. The predicted molar refractivity (Wildman–Crippen MR) is 157 cm³/mol. The fourth-order valence-corrected chi connectivity index (χ4v) is 5.18. The number of amides is 1. The first-order valence-electron chi connectivity index (χ1n) is 13.6. The van der Waals surface area contributed by atoms with E-state index in [1.165, 1.54) is 19.2 Å². The van der Waals surface area contributed by atoms with Crippen LogP contribution in [-0.2, 0) is 9.53 Å². The highest BCUT2D eigenvalue weighted by molar-refractivity contribution is 6.22. The number of piperazine rings is 1. The van der Waals surface area contributed by atoms with E-state index in [0.29, 0.717) is 64.9 Å². The summed E-state index contributed by atoms with van der Waals surface area (Å²) in [5.74, 6) is -1.70. The molecule has 3 aromatic carbocycles. The number of aromatic nitrogens is 1. The quantitative estimate of drug-likeness (QED) is 0.153. The number of fused-ring (bicyclic) bond motifs is 1. The highest BCUT2D eigenvalue weighted by Gasteiger charge is 2.22. The molecule has 42 heavy (non-hydrogen) atoms. The molecule has 0 spiro atoms. The number of ketones is 1. The number of esters is 1. The molecule has 1 fully saturated rings. The molecular formula is C32H31FN4O5. The van der Waals surface area contributed by atoms with Crippen LogP contribution < -0.4 is 5.32 Å². The Morgan fingerprint density at radius 2 is 1.88 bits per heavy atom. The highest BCUT2D eigenvalue weighted by Crippen LogP contribution is 2.33. The van der Waals surface area contributed by atoms with E-state index in [1.54, 1.807) is 25.1 Å². The first-order valence-corrected chi connectivity index (χ1v) is 13.6. The number of carbonyl (C=O) groups excluding carboxylic acids is 3. The Balaban J connectivity index is 1.45. The van der Waals surface area contributed by atoms with E-state index in [-0.39, 0.29) is 35.2 Å². The number of aryl methyl sites for hydroxylation is 1. The number of aliphatic imine (C=N–C) groups is 1. The number of aromatic amines is 1. The van der Waals surface area contributed by atoms with Gasteiger partial charge in [0, 0.05) is 42.0 Å². The van der Waals surface area contributed by atoms with Gasteiger partial charge in [-0.3, -0.25) is 14.5 Å². The summed E-state index contributed by atoms with van der Waals surface area (Å²) in [5.41, 5.74) is 3.21. The number of aromatic hydroxyl groups is 1. The molecule has 1 aromatic heterocycles. The fraction of sp³-hybridized carbons (Fsp3) is 0.250. The second kappa shape index (κ2) is 12.4. The van der Waals surface area contributed by atoms with Crippen LogP contribution in [0.3, 0.4) is 0 Å². The van der Waals surface area contributed by atoms with Gasteiger partial charge in [0.15, 0.2) is 11.7 Å². The summed E-state index contributed by atoms with van der Waals surface area (Å²) < 4.78 is 20.1. The van der Waals surface area contributed by atoms with Crippen LogP contribution in [0.4, 0.5) is 10.1 Å². The van der Waals surface area contributed by atoms with Gasteiger partial charge in [-0.25, -0.2) is 14.2 Å². The van der Waals surface area contributed by atoms with Crippen LogP contribution in [-0.4, -0.2) is 71.7 Å². The van der Waals surface area contributed by atoms with Gasteiger partial charge in [0.2, 0.25) is 5.91 Å². The monoisotopic (exact) mass is 570 g/mol. The minimum Gasteiger partial charge on any atom is -0.494 e. The molecular weight excluding hydrogens is 539 g/mol. The fourth-order valence-electron chi connectivity index (χ4n) is 5.18. The number of nitrogens with zero attached hydrogens (tertiary/aromatic N) is 2. The average molecular weight is 571 g/mol. The summed E-state index contributed by atoms with van der Waals surface area (Å²) in [5, 5.41) is 14.4. The Labute approximate surface area is 242 Å². The van der Waals surface area contributed by atoms with E-state index < -0.39 is 11.8 Å². The number of methoxy groups -OCH3 is 1. The van der Waals surface area contributed by atoms with Gasteiger partial charge in [-0.1, -0.05) is 30.3 Å². The Morgan fingerprint density at radius 1 is 1.10 bits per heavy atom. The van der Waals surface area contributed by atoms with Crippen molar-refractivity contribution >= 4 is 40.0 Å². The van der Waals surface area contributed by atoms with Gasteiger partial charge < -0.3 is 20.1 Å². The van der Waals surface area contributed by atoms with Crippen molar-refractivity contribution < 1.29 is 28.6 Å². The van der Waals surface area contributed by atoms with E-state index in [0.717, 1.165) is 6.54 Å². The molecule has 4 aromatic rings. The van der Waals surface area contributed by atoms with Crippen molar-refractivity contribution in [1.82, 2.24) is 15.2 Å². The van der Waals surface area contributed by atoms with E-state index in [4.69, 9.17) is 9.73 Å². The van der Waals surface area contributed by atoms with E-state index in [9.17, 15) is 19.5 Å². The largest absolute Gasteiger partial charge is 0.494 e.